The van der Waals surface area contributed by atoms with E-state index in [1.54, 1.807) is 30.7 Å². The van der Waals surface area contributed by atoms with Crippen LogP contribution >= 0.6 is 11.6 Å². The lowest BCUT2D eigenvalue weighted by Gasteiger charge is -2.02. The molecule has 5 heteroatoms. The van der Waals surface area contributed by atoms with Crippen molar-refractivity contribution in [2.45, 2.75) is 6.54 Å². The van der Waals surface area contributed by atoms with Gasteiger partial charge in [0.2, 0.25) is 0 Å². The molecule has 0 fully saturated rings. The molecule has 2 aromatic heterocycles. The van der Waals surface area contributed by atoms with E-state index in [0.29, 0.717) is 11.6 Å². The summed E-state index contributed by atoms with van der Waals surface area (Å²) in [6, 6.07) is 3.50. The largest absolute Gasteiger partial charge is 0.363 e. The second-order valence-corrected chi connectivity index (χ2v) is 3.19. The minimum atomic E-state index is 0.611. The van der Waals surface area contributed by atoms with Crippen molar-refractivity contribution in [1.29, 1.82) is 0 Å². The summed E-state index contributed by atoms with van der Waals surface area (Å²) < 4.78 is 0. The summed E-state index contributed by atoms with van der Waals surface area (Å²) in [6.07, 6.45) is 5.15. The number of nitrogens with zero attached hydrogens (tertiary/aromatic N) is 2. The minimum Gasteiger partial charge on any atom is -0.363 e. The standard InChI is InChI=1S/C9H9ClN4/c10-7-1-2-11-8(5-7)14-6-9-12-3-4-13-9/h1-5H,6H2,(H,11,14)(H,12,13). The van der Waals surface area contributed by atoms with Crippen LogP contribution in [0, 0.1) is 0 Å². The summed E-state index contributed by atoms with van der Waals surface area (Å²) in [5, 5.41) is 3.77. The number of pyridine rings is 1. The van der Waals surface area contributed by atoms with Crippen molar-refractivity contribution in [2.75, 3.05) is 5.32 Å². The van der Waals surface area contributed by atoms with Gasteiger partial charge in [-0.05, 0) is 12.1 Å². The van der Waals surface area contributed by atoms with Crippen LogP contribution in [-0.2, 0) is 6.54 Å². The number of aromatic amines is 1. The molecule has 72 valence electrons. The van der Waals surface area contributed by atoms with Gasteiger partial charge in [-0.15, -0.1) is 0 Å². The number of imidazole rings is 1. The molecule has 0 aliphatic rings. The van der Waals surface area contributed by atoms with E-state index in [1.165, 1.54) is 0 Å². The topological polar surface area (TPSA) is 53.6 Å². The molecule has 0 spiro atoms. The van der Waals surface area contributed by atoms with E-state index in [2.05, 4.69) is 20.3 Å². The Hall–Kier alpha value is -1.55. The molecule has 0 atom stereocenters. The Morgan fingerprint density at radius 3 is 3.00 bits per heavy atom. The summed E-state index contributed by atoms with van der Waals surface area (Å²) in [5.74, 6) is 1.61. The van der Waals surface area contributed by atoms with E-state index in [9.17, 15) is 0 Å². The lowest BCUT2D eigenvalue weighted by Crippen LogP contribution is -2.02. The summed E-state index contributed by atoms with van der Waals surface area (Å²) in [6.45, 7) is 0.611. The predicted molar refractivity (Wildman–Crippen MR) is 55.2 cm³/mol. The Labute approximate surface area is 86.4 Å². The van der Waals surface area contributed by atoms with Gasteiger partial charge in [-0.1, -0.05) is 11.6 Å². The van der Waals surface area contributed by atoms with Crippen LogP contribution in [0.3, 0.4) is 0 Å². The van der Waals surface area contributed by atoms with Gasteiger partial charge in [-0.25, -0.2) is 9.97 Å². The Kier molecular flexibility index (Phi) is 2.65. The van der Waals surface area contributed by atoms with Crippen molar-refractivity contribution >= 4 is 17.4 Å². The van der Waals surface area contributed by atoms with Crippen LogP contribution in [0.25, 0.3) is 0 Å². The first-order valence-electron chi connectivity index (χ1n) is 4.18. The maximum absolute atomic E-state index is 5.80. The van der Waals surface area contributed by atoms with Gasteiger partial charge in [0.15, 0.2) is 0 Å². The third-order valence-corrected chi connectivity index (χ3v) is 1.95. The molecule has 2 rings (SSSR count). The average molecular weight is 209 g/mol. The van der Waals surface area contributed by atoms with Crippen LogP contribution in [0.15, 0.2) is 30.7 Å². The van der Waals surface area contributed by atoms with Gasteiger partial charge in [0, 0.05) is 23.6 Å². The first-order chi connectivity index (χ1) is 6.84. The molecule has 0 bridgehead atoms. The predicted octanol–water partition coefficient (Wildman–Crippen LogP) is 2.07. The lowest BCUT2D eigenvalue weighted by atomic mass is 10.4. The second-order valence-electron chi connectivity index (χ2n) is 2.75. The molecule has 0 aromatic carbocycles. The van der Waals surface area contributed by atoms with Crippen LogP contribution in [0.1, 0.15) is 5.82 Å². The van der Waals surface area contributed by atoms with E-state index in [-0.39, 0.29) is 0 Å². The van der Waals surface area contributed by atoms with Crippen LogP contribution in [0.4, 0.5) is 5.82 Å². The van der Waals surface area contributed by atoms with Crippen LogP contribution in [-0.4, -0.2) is 15.0 Å². The van der Waals surface area contributed by atoms with E-state index in [0.717, 1.165) is 11.6 Å². The molecule has 0 unspecified atom stereocenters. The molecular formula is C9H9ClN4. The van der Waals surface area contributed by atoms with Gasteiger partial charge >= 0.3 is 0 Å². The van der Waals surface area contributed by atoms with Gasteiger partial charge < -0.3 is 10.3 Å². The van der Waals surface area contributed by atoms with Crippen LogP contribution in [0.5, 0.6) is 0 Å². The number of H-pyrrole nitrogens is 1. The second kappa shape index (κ2) is 4.11. The van der Waals surface area contributed by atoms with Crippen LogP contribution in [0.2, 0.25) is 5.02 Å². The zero-order valence-electron chi connectivity index (χ0n) is 7.37. The first-order valence-corrected chi connectivity index (χ1v) is 4.56. The Morgan fingerprint density at radius 2 is 2.29 bits per heavy atom. The Bertz CT molecular complexity index is 399. The van der Waals surface area contributed by atoms with E-state index >= 15 is 0 Å². The summed E-state index contributed by atoms with van der Waals surface area (Å²) in [4.78, 5) is 11.2. The van der Waals surface area contributed by atoms with E-state index in [1.807, 2.05) is 0 Å². The number of rotatable bonds is 3. The van der Waals surface area contributed by atoms with Gasteiger partial charge in [-0.3, -0.25) is 0 Å². The normalized spacial score (nSPS) is 10.1. The molecule has 2 heterocycles. The zero-order valence-corrected chi connectivity index (χ0v) is 8.12. The van der Waals surface area contributed by atoms with Crippen LogP contribution < -0.4 is 5.32 Å². The fourth-order valence-electron chi connectivity index (χ4n) is 1.07. The highest BCUT2D eigenvalue weighted by atomic mass is 35.5. The molecule has 14 heavy (non-hydrogen) atoms. The number of hydrogen-bond acceptors (Lipinski definition) is 3. The maximum atomic E-state index is 5.80. The molecule has 0 aliphatic heterocycles. The lowest BCUT2D eigenvalue weighted by molar-refractivity contribution is 0.988. The number of hydrogen-bond donors (Lipinski definition) is 2. The van der Waals surface area contributed by atoms with E-state index in [4.69, 9.17) is 11.6 Å². The molecule has 0 saturated carbocycles. The summed E-state index contributed by atoms with van der Waals surface area (Å²) in [7, 11) is 0. The smallest absolute Gasteiger partial charge is 0.127 e. The van der Waals surface area contributed by atoms with Crippen molar-refractivity contribution in [2.24, 2.45) is 0 Å². The van der Waals surface area contributed by atoms with Gasteiger partial charge in [0.1, 0.15) is 11.6 Å². The quantitative estimate of drug-likeness (QED) is 0.812. The highest BCUT2D eigenvalue weighted by molar-refractivity contribution is 6.30. The number of anilines is 1. The van der Waals surface area contributed by atoms with Gasteiger partial charge in [-0.2, -0.15) is 0 Å². The SMILES string of the molecule is Clc1ccnc(NCc2ncc[nH]2)c1. The maximum Gasteiger partial charge on any atom is 0.127 e. The fourth-order valence-corrected chi connectivity index (χ4v) is 1.23. The molecule has 2 N–H and O–H groups in total. The number of aromatic nitrogens is 3. The molecule has 0 saturated heterocycles. The molecule has 2 aromatic rings. The monoisotopic (exact) mass is 208 g/mol. The zero-order chi connectivity index (χ0) is 9.80. The summed E-state index contributed by atoms with van der Waals surface area (Å²) in [5.41, 5.74) is 0. The van der Waals surface area contributed by atoms with Gasteiger partial charge in [0.05, 0.1) is 6.54 Å². The van der Waals surface area contributed by atoms with Crippen molar-refractivity contribution in [3.05, 3.63) is 41.6 Å². The molecule has 0 amide bonds. The Morgan fingerprint density at radius 1 is 1.36 bits per heavy atom. The molecular weight excluding hydrogens is 200 g/mol. The van der Waals surface area contributed by atoms with E-state index < -0.39 is 0 Å². The van der Waals surface area contributed by atoms with Crippen molar-refractivity contribution in [1.82, 2.24) is 15.0 Å². The third kappa shape index (κ3) is 2.23. The Balaban J connectivity index is 1.98. The minimum absolute atomic E-state index is 0.611. The highest BCUT2D eigenvalue weighted by Crippen LogP contribution is 2.11. The van der Waals surface area contributed by atoms with Crippen molar-refractivity contribution in [3.63, 3.8) is 0 Å². The highest BCUT2D eigenvalue weighted by Gasteiger charge is 1.96. The fraction of sp³-hybridized carbons (Fsp3) is 0.111. The number of nitrogens with one attached hydrogen (secondary N) is 2. The first kappa shape index (κ1) is 9.02. The molecule has 4 nitrogen and oxygen atoms in total. The van der Waals surface area contributed by atoms with Gasteiger partial charge in [0.25, 0.3) is 0 Å². The van der Waals surface area contributed by atoms with Crippen molar-refractivity contribution in [3.8, 4) is 0 Å². The third-order valence-electron chi connectivity index (χ3n) is 1.71. The van der Waals surface area contributed by atoms with Crippen molar-refractivity contribution < 1.29 is 0 Å². The molecule has 0 aliphatic carbocycles. The molecule has 0 radical (unpaired) electrons. The summed E-state index contributed by atoms with van der Waals surface area (Å²) >= 11 is 5.80. The number of halogens is 1. The average Bonchev–Trinajstić information content (AvgIpc) is 2.67.